The Bertz CT molecular complexity index is 397. The van der Waals surface area contributed by atoms with Crippen LogP contribution >= 0.6 is 0 Å². The number of ether oxygens (including phenoxy) is 2. The van der Waals surface area contributed by atoms with E-state index in [1.54, 1.807) is 7.11 Å². The van der Waals surface area contributed by atoms with Crippen molar-refractivity contribution in [2.45, 2.75) is 32.1 Å². The van der Waals surface area contributed by atoms with Gasteiger partial charge < -0.3 is 15.2 Å². The molecule has 4 heteroatoms. The highest BCUT2D eigenvalue weighted by molar-refractivity contribution is 5.33. The van der Waals surface area contributed by atoms with Crippen LogP contribution in [-0.4, -0.2) is 43.9 Å². The van der Waals surface area contributed by atoms with Gasteiger partial charge in [-0.15, -0.1) is 0 Å². The lowest BCUT2D eigenvalue weighted by Gasteiger charge is -2.37. The summed E-state index contributed by atoms with van der Waals surface area (Å²) in [6.07, 6.45) is 1.44. The third-order valence-electron chi connectivity index (χ3n) is 3.48. The Balaban J connectivity index is 2.01. The van der Waals surface area contributed by atoms with E-state index >= 15 is 0 Å². The van der Waals surface area contributed by atoms with Crippen LogP contribution in [-0.2, 0) is 11.3 Å². The Labute approximate surface area is 115 Å². The summed E-state index contributed by atoms with van der Waals surface area (Å²) >= 11 is 0. The highest BCUT2D eigenvalue weighted by atomic mass is 16.5. The molecular formula is C15H24N2O2. The zero-order valence-corrected chi connectivity index (χ0v) is 11.8. The molecule has 0 amide bonds. The van der Waals surface area contributed by atoms with Crippen LogP contribution in [0.3, 0.4) is 0 Å². The first-order valence-corrected chi connectivity index (χ1v) is 6.92. The summed E-state index contributed by atoms with van der Waals surface area (Å²) in [6.45, 7) is 5.61. The number of nitrogens with zero attached hydrogens (tertiary/aromatic N) is 1. The van der Waals surface area contributed by atoms with Gasteiger partial charge >= 0.3 is 0 Å². The molecule has 1 saturated heterocycles. The molecule has 1 heterocycles. The number of methoxy groups -OCH3 is 1. The molecule has 1 aliphatic rings. The molecule has 0 aromatic heterocycles. The normalized spacial score (nSPS) is 24.4. The highest BCUT2D eigenvalue weighted by Gasteiger charge is 2.25. The fourth-order valence-electron chi connectivity index (χ4n) is 2.69. The lowest BCUT2D eigenvalue weighted by atomic mass is 10.1. The van der Waals surface area contributed by atoms with Gasteiger partial charge in [-0.25, -0.2) is 0 Å². The molecule has 0 aliphatic carbocycles. The van der Waals surface area contributed by atoms with Crippen molar-refractivity contribution in [3.63, 3.8) is 0 Å². The van der Waals surface area contributed by atoms with Gasteiger partial charge in [0, 0.05) is 25.2 Å². The van der Waals surface area contributed by atoms with Crippen molar-refractivity contribution in [2.24, 2.45) is 5.73 Å². The number of nitrogens with two attached hydrogens (primary N) is 1. The van der Waals surface area contributed by atoms with E-state index in [0.29, 0.717) is 6.54 Å². The SMILES string of the molecule is COc1ccccc1CN1CC(C)OC(CCN)C1. The number of hydrogen-bond acceptors (Lipinski definition) is 4. The van der Waals surface area contributed by atoms with E-state index in [1.165, 1.54) is 5.56 Å². The molecule has 0 saturated carbocycles. The minimum Gasteiger partial charge on any atom is -0.496 e. The predicted octanol–water partition coefficient (Wildman–Crippen LogP) is 1.63. The van der Waals surface area contributed by atoms with Crippen LogP contribution in [0.25, 0.3) is 0 Å². The van der Waals surface area contributed by atoms with Crippen LogP contribution in [0.15, 0.2) is 24.3 Å². The Morgan fingerprint density at radius 2 is 2.16 bits per heavy atom. The molecule has 1 aromatic carbocycles. The monoisotopic (exact) mass is 264 g/mol. The van der Waals surface area contributed by atoms with E-state index in [9.17, 15) is 0 Å². The van der Waals surface area contributed by atoms with Crippen LogP contribution in [0, 0.1) is 0 Å². The Morgan fingerprint density at radius 1 is 1.37 bits per heavy atom. The minimum atomic E-state index is 0.253. The van der Waals surface area contributed by atoms with Gasteiger partial charge in [0.2, 0.25) is 0 Å². The van der Waals surface area contributed by atoms with Gasteiger partial charge in [0.25, 0.3) is 0 Å². The van der Waals surface area contributed by atoms with E-state index in [2.05, 4.69) is 24.0 Å². The molecule has 1 aliphatic heterocycles. The van der Waals surface area contributed by atoms with Crippen molar-refractivity contribution in [1.29, 1.82) is 0 Å². The summed E-state index contributed by atoms with van der Waals surface area (Å²) < 4.78 is 11.3. The first-order valence-electron chi connectivity index (χ1n) is 6.92. The third-order valence-corrected chi connectivity index (χ3v) is 3.48. The zero-order chi connectivity index (χ0) is 13.7. The fraction of sp³-hybridized carbons (Fsp3) is 0.600. The number of benzene rings is 1. The van der Waals surface area contributed by atoms with E-state index < -0.39 is 0 Å². The van der Waals surface area contributed by atoms with Crippen LogP contribution in [0.1, 0.15) is 18.9 Å². The average molecular weight is 264 g/mol. The number of morpholine rings is 1. The van der Waals surface area contributed by atoms with Crippen molar-refractivity contribution in [3.8, 4) is 5.75 Å². The van der Waals surface area contributed by atoms with Gasteiger partial charge in [-0.3, -0.25) is 4.90 Å². The molecule has 0 bridgehead atoms. The molecule has 19 heavy (non-hydrogen) atoms. The predicted molar refractivity (Wildman–Crippen MR) is 76.3 cm³/mol. The third kappa shape index (κ3) is 3.93. The first kappa shape index (κ1) is 14.3. The Kier molecular flexibility index (Phi) is 5.19. The molecule has 2 rings (SSSR count). The largest absolute Gasteiger partial charge is 0.496 e. The molecule has 1 fully saturated rings. The summed E-state index contributed by atoms with van der Waals surface area (Å²) in [5, 5.41) is 0. The van der Waals surface area contributed by atoms with Crippen LogP contribution < -0.4 is 10.5 Å². The second-order valence-electron chi connectivity index (χ2n) is 5.15. The Hall–Kier alpha value is -1.10. The lowest BCUT2D eigenvalue weighted by Crippen LogP contribution is -2.46. The van der Waals surface area contributed by atoms with Crippen LogP contribution in [0.4, 0.5) is 0 Å². The molecule has 2 unspecified atom stereocenters. The molecular weight excluding hydrogens is 240 g/mol. The second-order valence-corrected chi connectivity index (χ2v) is 5.15. The first-order chi connectivity index (χ1) is 9.22. The summed E-state index contributed by atoms with van der Waals surface area (Å²) in [5.74, 6) is 0.956. The average Bonchev–Trinajstić information content (AvgIpc) is 2.39. The van der Waals surface area contributed by atoms with Crippen molar-refractivity contribution >= 4 is 0 Å². The molecule has 4 nitrogen and oxygen atoms in total. The Morgan fingerprint density at radius 3 is 2.89 bits per heavy atom. The minimum absolute atomic E-state index is 0.253. The lowest BCUT2D eigenvalue weighted by molar-refractivity contribution is -0.0810. The molecule has 1 aromatic rings. The van der Waals surface area contributed by atoms with Crippen LogP contribution in [0.5, 0.6) is 5.75 Å². The maximum Gasteiger partial charge on any atom is 0.123 e. The van der Waals surface area contributed by atoms with Crippen molar-refractivity contribution in [3.05, 3.63) is 29.8 Å². The number of para-hydroxylation sites is 1. The quantitative estimate of drug-likeness (QED) is 0.878. The molecule has 0 radical (unpaired) electrons. The van der Waals surface area contributed by atoms with Gasteiger partial charge in [-0.05, 0) is 26.0 Å². The summed E-state index contributed by atoms with van der Waals surface area (Å²) in [6, 6.07) is 8.19. The van der Waals surface area contributed by atoms with Gasteiger partial charge in [-0.1, -0.05) is 18.2 Å². The molecule has 106 valence electrons. The highest BCUT2D eigenvalue weighted by Crippen LogP contribution is 2.22. The summed E-state index contributed by atoms with van der Waals surface area (Å²) in [5.41, 5.74) is 6.86. The van der Waals surface area contributed by atoms with Gasteiger partial charge in [0.05, 0.1) is 19.3 Å². The van der Waals surface area contributed by atoms with E-state index in [4.69, 9.17) is 15.2 Å². The zero-order valence-electron chi connectivity index (χ0n) is 11.8. The number of rotatable bonds is 5. The van der Waals surface area contributed by atoms with E-state index in [-0.39, 0.29) is 12.2 Å². The second kappa shape index (κ2) is 6.89. The molecule has 2 atom stereocenters. The van der Waals surface area contributed by atoms with E-state index in [0.717, 1.165) is 31.8 Å². The summed E-state index contributed by atoms with van der Waals surface area (Å²) in [4.78, 5) is 2.42. The maximum atomic E-state index is 5.90. The summed E-state index contributed by atoms with van der Waals surface area (Å²) in [7, 11) is 1.72. The standard InChI is InChI=1S/C15H24N2O2/c1-12-9-17(11-14(19-12)7-8-16)10-13-5-3-4-6-15(13)18-2/h3-6,12,14H,7-11,16H2,1-2H3. The van der Waals surface area contributed by atoms with Crippen molar-refractivity contribution < 1.29 is 9.47 Å². The van der Waals surface area contributed by atoms with Gasteiger partial charge in [0.15, 0.2) is 0 Å². The number of hydrogen-bond donors (Lipinski definition) is 1. The van der Waals surface area contributed by atoms with Crippen molar-refractivity contribution in [1.82, 2.24) is 4.90 Å². The fourth-order valence-corrected chi connectivity index (χ4v) is 2.69. The molecule has 0 spiro atoms. The topological polar surface area (TPSA) is 47.7 Å². The maximum absolute atomic E-state index is 5.90. The van der Waals surface area contributed by atoms with Gasteiger partial charge in [-0.2, -0.15) is 0 Å². The smallest absolute Gasteiger partial charge is 0.123 e. The van der Waals surface area contributed by atoms with Gasteiger partial charge in [0.1, 0.15) is 5.75 Å². The van der Waals surface area contributed by atoms with E-state index in [1.807, 2.05) is 12.1 Å². The van der Waals surface area contributed by atoms with Crippen LogP contribution in [0.2, 0.25) is 0 Å². The van der Waals surface area contributed by atoms with Crippen molar-refractivity contribution in [2.75, 3.05) is 26.7 Å². The molecule has 2 N–H and O–H groups in total.